The summed E-state index contributed by atoms with van der Waals surface area (Å²) < 4.78 is 35.6. The first-order valence-electron chi connectivity index (χ1n) is 9.47. The molecule has 1 aromatic carbocycles. The number of nitrogens with zero attached hydrogens (tertiary/aromatic N) is 2. The van der Waals surface area contributed by atoms with Crippen molar-refractivity contribution in [3.8, 4) is 11.5 Å². The highest BCUT2D eigenvalue weighted by Crippen LogP contribution is 2.32. The van der Waals surface area contributed by atoms with Crippen LogP contribution in [-0.2, 0) is 11.3 Å². The molecule has 2 rings (SSSR count). The number of para-hydroxylation sites is 1. The van der Waals surface area contributed by atoms with Crippen LogP contribution < -0.4 is 20.1 Å². The van der Waals surface area contributed by atoms with Crippen LogP contribution in [0.2, 0.25) is 0 Å². The summed E-state index contributed by atoms with van der Waals surface area (Å²) in [7, 11) is 1.58. The Labute approximate surface area is 187 Å². The molecule has 1 aliphatic rings. The Balaban J connectivity index is 0.00000420. The number of alkyl halides is 2. The second kappa shape index (κ2) is 13.4. The highest BCUT2D eigenvalue weighted by atomic mass is 127. The molecule has 0 aromatic heterocycles. The molecule has 10 heteroatoms. The summed E-state index contributed by atoms with van der Waals surface area (Å²) in [6.45, 7) is 1.01. The van der Waals surface area contributed by atoms with Gasteiger partial charge in [0.25, 0.3) is 0 Å². The number of hydrogen-bond acceptors (Lipinski definition) is 4. The van der Waals surface area contributed by atoms with E-state index in [4.69, 9.17) is 4.74 Å². The predicted octanol–water partition coefficient (Wildman–Crippen LogP) is 2.98. The highest BCUT2D eigenvalue weighted by molar-refractivity contribution is 14.0. The highest BCUT2D eigenvalue weighted by Gasteiger charge is 2.18. The smallest absolute Gasteiger partial charge is 0.387 e. The molecule has 0 unspecified atom stereocenters. The van der Waals surface area contributed by atoms with E-state index in [1.54, 1.807) is 32.2 Å². The van der Waals surface area contributed by atoms with Crippen molar-refractivity contribution in [2.24, 2.45) is 4.99 Å². The summed E-state index contributed by atoms with van der Waals surface area (Å²) >= 11 is 0. The van der Waals surface area contributed by atoms with Gasteiger partial charge in [0.15, 0.2) is 17.5 Å². The van der Waals surface area contributed by atoms with Gasteiger partial charge >= 0.3 is 6.61 Å². The summed E-state index contributed by atoms with van der Waals surface area (Å²) in [5, 5.41) is 5.98. The van der Waals surface area contributed by atoms with Crippen molar-refractivity contribution in [2.45, 2.75) is 39.3 Å². The quantitative estimate of drug-likeness (QED) is 0.310. The molecule has 1 heterocycles. The minimum Gasteiger partial charge on any atom is -0.490 e. The van der Waals surface area contributed by atoms with Gasteiger partial charge in [0.2, 0.25) is 5.91 Å². The zero-order valence-electron chi connectivity index (χ0n) is 16.7. The number of carbonyl (C=O) groups excluding carboxylic acids is 1. The molecule has 1 aromatic rings. The van der Waals surface area contributed by atoms with Crippen molar-refractivity contribution in [1.82, 2.24) is 15.5 Å². The van der Waals surface area contributed by atoms with Crippen molar-refractivity contribution in [3.05, 3.63) is 23.8 Å². The van der Waals surface area contributed by atoms with Crippen LogP contribution >= 0.6 is 24.0 Å². The number of nitrogens with one attached hydrogen (secondary N) is 2. The van der Waals surface area contributed by atoms with Crippen molar-refractivity contribution in [3.63, 3.8) is 0 Å². The molecule has 1 amide bonds. The van der Waals surface area contributed by atoms with Crippen LogP contribution in [0, 0.1) is 0 Å². The molecular formula is C19H29F2IN4O3. The van der Waals surface area contributed by atoms with Gasteiger partial charge in [-0.05, 0) is 32.3 Å². The van der Waals surface area contributed by atoms with E-state index in [1.807, 2.05) is 4.90 Å². The number of carbonyl (C=O) groups is 1. The fourth-order valence-electron chi connectivity index (χ4n) is 3.01. The van der Waals surface area contributed by atoms with Crippen molar-refractivity contribution < 1.29 is 23.0 Å². The Morgan fingerprint density at radius 3 is 2.59 bits per heavy atom. The monoisotopic (exact) mass is 526 g/mol. The van der Waals surface area contributed by atoms with Crippen molar-refractivity contribution >= 4 is 35.8 Å². The zero-order chi connectivity index (χ0) is 20.4. The molecule has 0 bridgehead atoms. The molecule has 1 fully saturated rings. The Morgan fingerprint density at radius 2 is 1.97 bits per heavy atom. The number of halogens is 3. The summed E-state index contributed by atoms with van der Waals surface area (Å²) in [6.07, 6.45) is 3.22. The molecule has 7 nitrogen and oxygen atoms in total. The zero-order valence-corrected chi connectivity index (χ0v) is 19.1. The molecule has 0 saturated carbocycles. The lowest BCUT2D eigenvalue weighted by atomic mass is 10.1. The number of aliphatic imine (C=N–C) groups is 1. The van der Waals surface area contributed by atoms with Gasteiger partial charge in [-0.2, -0.15) is 8.78 Å². The lowest BCUT2D eigenvalue weighted by Crippen LogP contribution is -2.45. The topological polar surface area (TPSA) is 75.2 Å². The standard InChI is InChI=1S/C19H28F2N4O3.HI/c1-3-27-15-9-7-8-14(17(15)28-18(20)21)12-23-19(22-2)24-13-16(26)25-10-5-4-6-11-25;/h7-9,18H,3-6,10-13H2,1-2H3,(H2,22,23,24);1H. The number of amides is 1. The first-order chi connectivity index (χ1) is 13.5. The Morgan fingerprint density at radius 1 is 1.24 bits per heavy atom. The SMILES string of the molecule is CCOc1cccc(CNC(=NC)NCC(=O)N2CCCCC2)c1OC(F)F.I. The fourth-order valence-corrected chi connectivity index (χ4v) is 3.01. The average molecular weight is 526 g/mol. The summed E-state index contributed by atoms with van der Waals surface area (Å²) in [6, 6.07) is 4.95. The van der Waals surface area contributed by atoms with Gasteiger partial charge in [0.05, 0.1) is 13.2 Å². The first-order valence-corrected chi connectivity index (χ1v) is 9.47. The van der Waals surface area contributed by atoms with Crippen LogP contribution in [0.1, 0.15) is 31.7 Å². The molecule has 29 heavy (non-hydrogen) atoms. The first kappa shape index (κ1) is 25.2. The molecule has 0 atom stereocenters. The average Bonchev–Trinajstić information content (AvgIpc) is 2.70. The van der Waals surface area contributed by atoms with Crippen LogP contribution in [0.25, 0.3) is 0 Å². The number of guanidine groups is 1. The number of piperidine rings is 1. The maximum Gasteiger partial charge on any atom is 0.387 e. The molecule has 0 spiro atoms. The molecule has 1 saturated heterocycles. The van der Waals surface area contributed by atoms with E-state index in [2.05, 4.69) is 20.4 Å². The van der Waals surface area contributed by atoms with Gasteiger partial charge in [-0.1, -0.05) is 12.1 Å². The number of rotatable bonds is 8. The van der Waals surface area contributed by atoms with Crippen molar-refractivity contribution in [1.29, 1.82) is 0 Å². The van der Waals surface area contributed by atoms with E-state index in [-0.39, 0.29) is 54.5 Å². The van der Waals surface area contributed by atoms with Crippen LogP contribution in [0.4, 0.5) is 8.78 Å². The minimum absolute atomic E-state index is 0. The third kappa shape index (κ3) is 8.19. The van der Waals surface area contributed by atoms with E-state index in [0.29, 0.717) is 18.1 Å². The lowest BCUT2D eigenvalue weighted by molar-refractivity contribution is -0.130. The Kier molecular flexibility index (Phi) is 11.6. The molecule has 0 aliphatic carbocycles. The van der Waals surface area contributed by atoms with E-state index in [9.17, 15) is 13.6 Å². The van der Waals surface area contributed by atoms with Crippen molar-refractivity contribution in [2.75, 3.05) is 33.3 Å². The van der Waals surface area contributed by atoms with Gasteiger partial charge in [0.1, 0.15) is 0 Å². The second-order valence-corrected chi connectivity index (χ2v) is 6.28. The Hall–Kier alpha value is -1.85. The molecular weight excluding hydrogens is 497 g/mol. The van der Waals surface area contributed by atoms with Crippen LogP contribution in [-0.4, -0.2) is 56.7 Å². The lowest BCUT2D eigenvalue weighted by Gasteiger charge is -2.27. The Bertz CT molecular complexity index is 671. The summed E-state index contributed by atoms with van der Waals surface area (Å²) in [5.41, 5.74) is 0.497. The third-order valence-corrected chi connectivity index (χ3v) is 4.35. The van der Waals surface area contributed by atoms with E-state index < -0.39 is 6.61 Å². The summed E-state index contributed by atoms with van der Waals surface area (Å²) in [5.74, 6) is 0.662. The minimum atomic E-state index is -2.96. The van der Waals surface area contributed by atoms with Crippen LogP contribution in [0.15, 0.2) is 23.2 Å². The van der Waals surface area contributed by atoms with Crippen LogP contribution in [0.5, 0.6) is 11.5 Å². The molecule has 164 valence electrons. The number of likely N-dealkylation sites (tertiary alicyclic amines) is 1. The normalized spacial score (nSPS) is 14.2. The summed E-state index contributed by atoms with van der Waals surface area (Å²) in [4.78, 5) is 18.2. The van der Waals surface area contributed by atoms with Gasteiger partial charge in [-0.15, -0.1) is 24.0 Å². The molecule has 0 radical (unpaired) electrons. The largest absolute Gasteiger partial charge is 0.490 e. The number of ether oxygens (including phenoxy) is 2. The van der Waals surface area contributed by atoms with Gasteiger partial charge < -0.3 is 25.0 Å². The van der Waals surface area contributed by atoms with Gasteiger partial charge in [-0.25, -0.2) is 0 Å². The molecule has 1 aliphatic heterocycles. The number of benzene rings is 1. The predicted molar refractivity (Wildman–Crippen MR) is 118 cm³/mol. The maximum atomic E-state index is 12.8. The second-order valence-electron chi connectivity index (χ2n) is 6.28. The van der Waals surface area contributed by atoms with Gasteiger partial charge in [-0.3, -0.25) is 9.79 Å². The van der Waals surface area contributed by atoms with Crippen LogP contribution in [0.3, 0.4) is 0 Å². The maximum absolute atomic E-state index is 12.8. The third-order valence-electron chi connectivity index (χ3n) is 4.35. The number of hydrogen-bond donors (Lipinski definition) is 2. The van der Waals surface area contributed by atoms with Gasteiger partial charge in [0, 0.05) is 32.2 Å². The van der Waals surface area contributed by atoms with E-state index in [1.165, 1.54) is 0 Å². The van der Waals surface area contributed by atoms with E-state index in [0.717, 1.165) is 32.4 Å². The fraction of sp³-hybridized carbons (Fsp3) is 0.579. The van der Waals surface area contributed by atoms with E-state index >= 15 is 0 Å². The molecule has 2 N–H and O–H groups in total.